The Morgan fingerprint density at radius 1 is 0.974 bits per heavy atom. The lowest BCUT2D eigenvalue weighted by atomic mass is 10.0. The van der Waals surface area contributed by atoms with Crippen LogP contribution in [0.3, 0.4) is 0 Å². The second kappa shape index (κ2) is 13.3. The molecule has 3 rings (SSSR count). The predicted octanol–water partition coefficient (Wildman–Crippen LogP) is 3.85. The van der Waals surface area contributed by atoms with E-state index in [1.165, 1.54) is 12.0 Å². The molecule has 8 nitrogen and oxygen atoms in total. The highest BCUT2D eigenvalue weighted by atomic mass is 32.2. The Morgan fingerprint density at radius 2 is 1.64 bits per heavy atom. The maximum Gasteiger partial charge on any atom is 0.244 e. The molecule has 1 atom stereocenters. The van der Waals surface area contributed by atoms with Crippen LogP contribution in [0.4, 0.5) is 5.69 Å². The molecule has 0 bridgehead atoms. The molecular weight excluding hydrogens is 514 g/mol. The van der Waals surface area contributed by atoms with Crippen LogP contribution < -0.4 is 14.4 Å². The Morgan fingerprint density at radius 3 is 2.26 bits per heavy atom. The van der Waals surface area contributed by atoms with Crippen molar-refractivity contribution in [1.82, 2.24) is 10.2 Å². The fraction of sp³-hybridized carbons (Fsp3) is 0.333. The Balaban J connectivity index is 2.09. The summed E-state index contributed by atoms with van der Waals surface area (Å²) in [6, 6.07) is 21.4. The zero-order valence-electron chi connectivity index (χ0n) is 23.2. The van der Waals surface area contributed by atoms with Gasteiger partial charge in [0.1, 0.15) is 18.3 Å². The summed E-state index contributed by atoms with van der Waals surface area (Å²) >= 11 is 0. The average molecular weight is 552 g/mol. The highest BCUT2D eigenvalue weighted by Gasteiger charge is 2.33. The number of carbonyl (C=O) groups excluding carboxylic acids is 2. The van der Waals surface area contributed by atoms with Gasteiger partial charge in [-0.2, -0.15) is 0 Å². The topological polar surface area (TPSA) is 96.0 Å². The number of aryl methyl sites for hydroxylation is 2. The molecule has 1 unspecified atom stereocenters. The van der Waals surface area contributed by atoms with Gasteiger partial charge in [0.05, 0.1) is 19.1 Å². The van der Waals surface area contributed by atoms with E-state index < -0.39 is 28.5 Å². The van der Waals surface area contributed by atoms with Crippen LogP contribution >= 0.6 is 0 Å². The molecule has 0 aliphatic heterocycles. The molecule has 0 saturated carbocycles. The lowest BCUT2D eigenvalue weighted by Gasteiger charge is -2.34. The van der Waals surface area contributed by atoms with Gasteiger partial charge < -0.3 is 15.0 Å². The van der Waals surface area contributed by atoms with Crippen molar-refractivity contribution in [1.29, 1.82) is 0 Å². The van der Waals surface area contributed by atoms with Gasteiger partial charge in [0, 0.05) is 19.5 Å². The lowest BCUT2D eigenvalue weighted by Crippen LogP contribution is -2.53. The molecule has 9 heteroatoms. The first-order chi connectivity index (χ1) is 18.5. The van der Waals surface area contributed by atoms with Crippen molar-refractivity contribution in [3.05, 3.63) is 95.1 Å². The van der Waals surface area contributed by atoms with Crippen LogP contribution in [-0.4, -0.2) is 57.6 Å². The molecule has 0 saturated heterocycles. The van der Waals surface area contributed by atoms with Crippen molar-refractivity contribution in [2.24, 2.45) is 0 Å². The number of nitrogens with zero attached hydrogens (tertiary/aromatic N) is 2. The van der Waals surface area contributed by atoms with Crippen molar-refractivity contribution in [2.45, 2.75) is 39.8 Å². The molecule has 0 aliphatic carbocycles. The van der Waals surface area contributed by atoms with Crippen LogP contribution in [0.5, 0.6) is 5.75 Å². The number of nitrogens with one attached hydrogen (secondary N) is 1. The summed E-state index contributed by atoms with van der Waals surface area (Å²) in [5.74, 6) is -0.476. The minimum Gasteiger partial charge on any atom is -0.495 e. The van der Waals surface area contributed by atoms with E-state index in [4.69, 9.17) is 4.74 Å². The van der Waals surface area contributed by atoms with Gasteiger partial charge in [-0.05, 0) is 55.2 Å². The fourth-order valence-electron chi connectivity index (χ4n) is 4.41. The molecule has 0 heterocycles. The minimum atomic E-state index is -3.89. The number of ether oxygens (including phenoxy) is 1. The maximum atomic E-state index is 14.1. The summed E-state index contributed by atoms with van der Waals surface area (Å²) < 4.78 is 32.5. The van der Waals surface area contributed by atoms with Gasteiger partial charge in [0.15, 0.2) is 0 Å². The van der Waals surface area contributed by atoms with Gasteiger partial charge in [0.25, 0.3) is 0 Å². The van der Waals surface area contributed by atoms with Crippen molar-refractivity contribution >= 4 is 27.5 Å². The quantitative estimate of drug-likeness (QED) is 0.369. The zero-order chi connectivity index (χ0) is 28.6. The molecule has 3 aromatic rings. The number of amides is 2. The van der Waals surface area contributed by atoms with E-state index in [2.05, 4.69) is 5.32 Å². The van der Waals surface area contributed by atoms with E-state index in [0.717, 1.165) is 32.8 Å². The Hall–Kier alpha value is -3.85. The summed E-state index contributed by atoms with van der Waals surface area (Å²) in [5.41, 5.74) is 3.80. The number of sulfonamides is 1. The lowest BCUT2D eigenvalue weighted by molar-refractivity contribution is -0.140. The van der Waals surface area contributed by atoms with Crippen molar-refractivity contribution in [3.63, 3.8) is 0 Å². The maximum absolute atomic E-state index is 14.1. The second-order valence-corrected chi connectivity index (χ2v) is 11.4. The number of hydrogen-bond donors (Lipinski definition) is 1. The Bertz CT molecular complexity index is 1390. The van der Waals surface area contributed by atoms with Crippen molar-refractivity contribution < 1.29 is 22.7 Å². The first-order valence-electron chi connectivity index (χ1n) is 12.8. The molecule has 0 aliphatic rings. The van der Waals surface area contributed by atoms with Crippen molar-refractivity contribution in [2.75, 3.05) is 30.8 Å². The van der Waals surface area contributed by atoms with E-state index >= 15 is 0 Å². The second-order valence-electron chi connectivity index (χ2n) is 9.49. The SMILES string of the molecule is CCNC(=O)C(Cc1ccccc1)N(Cc1ccccc1C)C(=O)CN(c1cc(C)ccc1OC)S(C)(=O)=O. The van der Waals surface area contributed by atoms with E-state index in [1.54, 1.807) is 18.2 Å². The highest BCUT2D eigenvalue weighted by molar-refractivity contribution is 7.92. The van der Waals surface area contributed by atoms with Crippen LogP contribution in [0.1, 0.15) is 29.2 Å². The monoisotopic (exact) mass is 551 g/mol. The van der Waals surface area contributed by atoms with Gasteiger partial charge >= 0.3 is 0 Å². The van der Waals surface area contributed by atoms with Gasteiger partial charge in [-0.3, -0.25) is 13.9 Å². The third-order valence-corrected chi connectivity index (χ3v) is 7.63. The predicted molar refractivity (Wildman–Crippen MR) is 154 cm³/mol. The molecule has 39 heavy (non-hydrogen) atoms. The van der Waals surface area contributed by atoms with Gasteiger partial charge in [0.2, 0.25) is 21.8 Å². The van der Waals surface area contributed by atoms with Gasteiger partial charge in [-0.1, -0.05) is 60.7 Å². The number of hydrogen-bond acceptors (Lipinski definition) is 5. The number of rotatable bonds is 12. The van der Waals surface area contributed by atoms with Gasteiger partial charge in [-0.15, -0.1) is 0 Å². The molecule has 3 aromatic carbocycles. The standard InChI is InChI=1S/C30H37N3O5S/c1-6-31-30(35)27(19-24-13-8-7-9-14-24)32(20-25-15-11-10-12-23(25)3)29(34)21-33(39(5,36)37)26-18-22(2)16-17-28(26)38-4/h7-18,27H,6,19-21H2,1-5H3,(H,31,35). The van der Waals surface area contributed by atoms with Crippen LogP contribution in [0.25, 0.3) is 0 Å². The molecule has 0 fully saturated rings. The van der Waals surface area contributed by atoms with E-state index in [1.807, 2.05) is 75.4 Å². The summed E-state index contributed by atoms with van der Waals surface area (Å²) in [6.45, 7) is 5.64. The smallest absolute Gasteiger partial charge is 0.244 e. The number of benzene rings is 3. The summed E-state index contributed by atoms with van der Waals surface area (Å²) in [6.07, 6.45) is 1.33. The Labute approximate surface area is 231 Å². The largest absolute Gasteiger partial charge is 0.495 e. The van der Waals surface area contributed by atoms with E-state index in [-0.39, 0.29) is 24.6 Å². The van der Waals surface area contributed by atoms with Crippen LogP contribution in [0, 0.1) is 13.8 Å². The first kappa shape index (κ1) is 29.7. The minimum absolute atomic E-state index is 0.142. The van der Waals surface area contributed by atoms with Crippen molar-refractivity contribution in [3.8, 4) is 5.75 Å². The van der Waals surface area contributed by atoms with Crippen LogP contribution in [-0.2, 0) is 32.6 Å². The van der Waals surface area contributed by atoms with E-state index in [9.17, 15) is 18.0 Å². The Kier molecular flexibility index (Phi) is 10.1. The molecule has 1 N–H and O–H groups in total. The third-order valence-electron chi connectivity index (χ3n) is 6.51. The highest BCUT2D eigenvalue weighted by Crippen LogP contribution is 2.31. The third kappa shape index (κ3) is 7.83. The summed E-state index contributed by atoms with van der Waals surface area (Å²) in [4.78, 5) is 29.0. The fourth-order valence-corrected chi connectivity index (χ4v) is 5.25. The number of anilines is 1. The summed E-state index contributed by atoms with van der Waals surface area (Å²) in [5, 5.41) is 2.86. The number of methoxy groups -OCH3 is 1. The average Bonchev–Trinajstić information content (AvgIpc) is 2.90. The molecular formula is C30H37N3O5S. The molecule has 0 radical (unpaired) electrons. The first-order valence-corrected chi connectivity index (χ1v) is 14.7. The number of carbonyl (C=O) groups is 2. The zero-order valence-corrected chi connectivity index (χ0v) is 24.0. The molecule has 0 spiro atoms. The van der Waals surface area contributed by atoms with E-state index in [0.29, 0.717) is 12.3 Å². The van der Waals surface area contributed by atoms with Crippen LogP contribution in [0.15, 0.2) is 72.8 Å². The summed E-state index contributed by atoms with van der Waals surface area (Å²) in [7, 11) is -2.44. The normalized spacial score (nSPS) is 11.9. The molecule has 0 aromatic heterocycles. The molecule has 2 amide bonds. The number of likely N-dealkylation sites (N-methyl/N-ethyl adjacent to an activating group) is 1. The van der Waals surface area contributed by atoms with Gasteiger partial charge in [-0.25, -0.2) is 8.42 Å². The molecule has 208 valence electrons. The van der Waals surface area contributed by atoms with Crippen LogP contribution in [0.2, 0.25) is 0 Å².